The van der Waals surface area contributed by atoms with Gasteiger partial charge >= 0.3 is 5.97 Å². The molecular formula is C88H120N18O22S. The maximum absolute atomic E-state index is 15.6. The van der Waals surface area contributed by atoms with Gasteiger partial charge in [0.05, 0.1) is 49.4 Å². The van der Waals surface area contributed by atoms with Crippen LogP contribution in [0.5, 0.6) is 5.75 Å². The number of aromatic amines is 2. The number of hydrogen-bond acceptors (Lipinski definition) is 23. The summed E-state index contributed by atoms with van der Waals surface area (Å²) >= 11 is 0.846. The van der Waals surface area contributed by atoms with Gasteiger partial charge in [0.15, 0.2) is 11.6 Å². The first-order valence-corrected chi connectivity index (χ1v) is 44.8. The number of nitrogens with two attached hydrogens (primary N) is 3. The molecule has 4 aliphatic rings. The predicted octanol–water partition coefficient (Wildman–Crippen LogP) is -1.65. The van der Waals surface area contributed by atoms with Gasteiger partial charge in [-0.2, -0.15) is 11.8 Å². The number of aromatic hydroxyl groups is 1. The lowest BCUT2D eigenvalue weighted by atomic mass is 9.92. The van der Waals surface area contributed by atoms with Crippen molar-refractivity contribution in [2.75, 3.05) is 64.9 Å². The van der Waals surface area contributed by atoms with Crippen molar-refractivity contribution in [1.29, 1.82) is 0 Å². The number of rotatable bonds is 22. The molecule has 3 aromatic carbocycles. The number of para-hydroxylation sites is 2. The van der Waals surface area contributed by atoms with E-state index in [4.69, 9.17) is 17.2 Å². The van der Waals surface area contributed by atoms with Crippen molar-refractivity contribution < 1.29 is 107 Å². The number of phenolic OH excluding ortho intramolecular Hbond substituents is 1. The molecular weight excluding hydrogens is 1690 g/mol. The number of fused-ring (bicyclic) bond motifs is 5. The summed E-state index contributed by atoms with van der Waals surface area (Å²) in [4.78, 5) is 272. The number of thioether (sulfide) groups is 1. The number of Topliss-reactive ketones (excluding diaryl/α,β-unsaturated/α-hetero) is 2. The number of carbonyl (C=O) groups excluding carboxylic acids is 17. The lowest BCUT2D eigenvalue weighted by Crippen LogP contribution is -2.61. The number of aliphatic hydroxyl groups is 2. The highest BCUT2D eigenvalue weighted by Crippen LogP contribution is 2.30. The number of carbonyl (C=O) groups is 18. The molecule has 4 saturated heterocycles. The molecule has 0 radical (unpaired) electrons. The van der Waals surface area contributed by atoms with Crippen LogP contribution in [0.15, 0.2) is 85.2 Å². The van der Waals surface area contributed by atoms with Crippen molar-refractivity contribution in [3.63, 3.8) is 0 Å². The second-order valence-corrected chi connectivity index (χ2v) is 34.5. The average molecular weight is 1810 g/mol. The summed E-state index contributed by atoms with van der Waals surface area (Å²) in [6.45, 7) is 1.88. The summed E-state index contributed by atoms with van der Waals surface area (Å²) in [7, 11) is 2.71. The summed E-state index contributed by atoms with van der Waals surface area (Å²) in [5.74, 6) is -20.7. The van der Waals surface area contributed by atoms with Gasteiger partial charge in [-0.25, -0.2) is 0 Å². The fourth-order valence-corrected chi connectivity index (χ4v) is 17.8. The second-order valence-electron chi connectivity index (χ2n) is 33.5. The van der Waals surface area contributed by atoms with Crippen molar-refractivity contribution in [2.24, 2.45) is 29.0 Å². The molecule has 700 valence electrons. The number of aromatic nitrogens is 2. The quantitative estimate of drug-likeness (QED) is 0.0369. The minimum Gasteiger partial charge on any atom is -0.508 e. The topological polar surface area (TPSA) is 610 Å². The number of aliphatic hydroxyl groups excluding tert-OH is 2. The summed E-state index contributed by atoms with van der Waals surface area (Å²) < 4.78 is 0. The minimum atomic E-state index is -1.90. The van der Waals surface area contributed by atoms with Crippen molar-refractivity contribution in [3.05, 3.63) is 102 Å². The Morgan fingerprint density at radius 2 is 1.08 bits per heavy atom. The standard InChI is InChI=1S/C88H120N18O22S/c1-6-8-21-66-80(120)95-48(3)71(110)37-53(77(117)94-43-74(91)113)46-129-47-75(114)96-61(33-49-25-28-54(108)29-26-49)86(126)104-31-15-14-23-67(104)81(121)99-63(39-76(115)116)87(127)105-32-16-24-68(105)82(122)100-64(40-89)72(111)36-50(27-30-73(90)112)84(124)106-44-55(109)38-70(106)83(123)97-60(34-51-41-92-58-19-12-10-17-56(51)58)78(118)101-65(45-107)79(119)98-62(35-52-42-93-59-20-13-11-18-57(52)59)85(125)103(5)69(22-9-7-2)88(128)102(66)4/h10-13,17-20,25-26,28-29,41-42,48,50,53,55,60-70,92-93,107-109H,6-9,14-16,21-24,27,30-40,43-47,89H2,1-5H3,(H2,90,112)(H2,91,113)(H,94,117)(H,95,120)(H,96,114)(H,97,123)(H,98,119)(H,99,121)(H,100,122)(H,101,118)(H,115,116)/t48-,50+,53-,55+,60-,61-,62-,63-,64-,65-,66-,67-,68-,69-,70-/m0/s1. The van der Waals surface area contributed by atoms with Gasteiger partial charge in [-0.05, 0) is 99.2 Å². The van der Waals surface area contributed by atoms with Crippen LogP contribution in [-0.4, -0.2) is 305 Å². The molecule has 41 heteroatoms. The Kier molecular flexibility index (Phi) is 37.1. The highest BCUT2D eigenvalue weighted by Gasteiger charge is 2.47. The Bertz CT molecular complexity index is 4910. The first-order valence-electron chi connectivity index (χ1n) is 43.7. The third-order valence-corrected chi connectivity index (χ3v) is 25.2. The molecule has 5 aromatic rings. The van der Waals surface area contributed by atoms with Crippen molar-refractivity contribution in [3.8, 4) is 5.75 Å². The highest BCUT2D eigenvalue weighted by molar-refractivity contribution is 7.99. The predicted molar refractivity (Wildman–Crippen MR) is 470 cm³/mol. The van der Waals surface area contributed by atoms with Crippen LogP contribution in [0.3, 0.4) is 0 Å². The van der Waals surface area contributed by atoms with Gasteiger partial charge in [0.1, 0.15) is 66.2 Å². The van der Waals surface area contributed by atoms with Gasteiger partial charge in [0.25, 0.3) is 0 Å². The van der Waals surface area contributed by atoms with E-state index in [1.54, 1.807) is 60.9 Å². The van der Waals surface area contributed by atoms with E-state index in [0.29, 0.717) is 77.0 Å². The van der Waals surface area contributed by atoms with Crippen molar-refractivity contribution >= 4 is 140 Å². The number of ketones is 2. The molecule has 0 bridgehead atoms. The van der Waals surface area contributed by atoms with E-state index in [1.807, 2.05) is 13.8 Å². The first kappa shape index (κ1) is 100. The summed E-state index contributed by atoms with van der Waals surface area (Å²) in [5, 5.41) is 65.0. The fraction of sp³-hybridized carbons (Fsp3) is 0.545. The molecule has 0 unspecified atom stereocenters. The maximum Gasteiger partial charge on any atom is 0.305 e. The molecule has 6 heterocycles. The Balaban J connectivity index is 1.07. The number of H-pyrrole nitrogens is 2. The number of piperidine rings is 1. The molecule has 9 rings (SSSR count). The molecule has 15 atom stereocenters. The molecule has 4 fully saturated rings. The van der Waals surface area contributed by atoms with Gasteiger partial charge in [-0.1, -0.05) is 88.1 Å². The lowest BCUT2D eigenvalue weighted by molar-refractivity contribution is -0.149. The van der Waals surface area contributed by atoms with Crippen LogP contribution in [0.1, 0.15) is 147 Å². The number of nitrogens with zero attached hydrogens (tertiary/aromatic N) is 5. The van der Waals surface area contributed by atoms with Crippen LogP contribution in [-0.2, 0) is 106 Å². The zero-order chi connectivity index (χ0) is 94.0. The number of carboxylic acids is 1. The van der Waals surface area contributed by atoms with E-state index < -0.39 is 267 Å². The maximum atomic E-state index is 15.6. The van der Waals surface area contributed by atoms with Crippen LogP contribution in [0.25, 0.3) is 21.8 Å². The normalized spacial score (nSPS) is 26.0. The Labute approximate surface area is 749 Å². The Morgan fingerprint density at radius 3 is 1.67 bits per heavy atom. The largest absolute Gasteiger partial charge is 0.508 e. The van der Waals surface area contributed by atoms with E-state index >= 15 is 33.6 Å². The number of benzene rings is 3. The molecule has 129 heavy (non-hydrogen) atoms. The van der Waals surface area contributed by atoms with E-state index in [1.165, 1.54) is 55.1 Å². The van der Waals surface area contributed by atoms with Gasteiger partial charge in [-0.3, -0.25) is 86.3 Å². The van der Waals surface area contributed by atoms with E-state index in [9.17, 15) is 73.2 Å². The second kappa shape index (κ2) is 47.6. The van der Waals surface area contributed by atoms with E-state index in [-0.39, 0.29) is 76.0 Å². The van der Waals surface area contributed by atoms with Gasteiger partial charge in [0, 0.05) is 131 Å². The highest BCUT2D eigenvalue weighted by atomic mass is 32.2. The first-order chi connectivity index (χ1) is 61.5. The van der Waals surface area contributed by atoms with E-state index in [0.717, 1.165) is 26.5 Å². The molecule has 0 saturated carbocycles. The number of hydrogen-bond donors (Lipinski definition) is 17. The SMILES string of the molecule is CCCC[C@H]1C(=O)N(C)[C@@H](CCCC)C(=O)N[C@@H](C)C(=O)C[C@H](C(=O)NCC(N)=O)CSCC(=O)N[C@@H](Cc2ccc(O)cc2)C(=O)N2CCCC[C@H]2C(=O)N[C@@H](CC(=O)O)C(=O)N2CCC[C@H]2C(=O)N[C@@H](CN)C(=O)C[C@@H](CCC(N)=O)C(=O)N2C[C@H](O)C[C@H]2C(=O)N[C@@H](Cc2c[nH]c3ccccc23)C(=O)N[C@@H](CO)C(=O)N[C@@H](Cc2c[nH]c3ccccc23)C(=O)N1C. The molecule has 0 spiro atoms. The monoisotopic (exact) mass is 1810 g/mol. The van der Waals surface area contributed by atoms with Crippen LogP contribution in [0.4, 0.5) is 0 Å². The summed E-state index contributed by atoms with van der Waals surface area (Å²) in [6.07, 6.45) is -0.261. The third kappa shape index (κ3) is 27.1. The summed E-state index contributed by atoms with van der Waals surface area (Å²) in [6, 6.07) is 1.08. The number of primary amides is 2. The number of phenols is 1. The average Bonchev–Trinajstić information content (AvgIpc) is 1.64. The molecule has 15 amide bonds. The number of unbranched alkanes of at least 4 members (excludes halogenated alkanes) is 2. The van der Waals surface area contributed by atoms with Crippen LogP contribution in [0, 0.1) is 11.8 Å². The van der Waals surface area contributed by atoms with Crippen LogP contribution < -0.4 is 59.7 Å². The van der Waals surface area contributed by atoms with Gasteiger partial charge in [-0.15, -0.1) is 0 Å². The van der Waals surface area contributed by atoms with Crippen molar-refractivity contribution in [1.82, 2.24) is 77.0 Å². The van der Waals surface area contributed by atoms with Gasteiger partial charge < -0.3 is 115 Å². The Morgan fingerprint density at radius 1 is 0.543 bits per heavy atom. The number of nitrogens with one attached hydrogen (secondary N) is 10. The minimum absolute atomic E-state index is 0.0167. The fourth-order valence-electron chi connectivity index (χ4n) is 16.9. The number of carboxylic acid groups (broad SMARTS) is 1. The number of amides is 15. The summed E-state index contributed by atoms with van der Waals surface area (Å²) in [5.41, 5.74) is 19.9. The third-order valence-electron chi connectivity index (χ3n) is 24.1. The zero-order valence-corrected chi connectivity index (χ0v) is 73.9. The molecule has 4 aliphatic heterocycles. The molecule has 0 aliphatic carbocycles. The van der Waals surface area contributed by atoms with Crippen molar-refractivity contribution in [2.45, 2.75) is 228 Å². The molecule has 2 aromatic heterocycles. The van der Waals surface area contributed by atoms with Crippen LogP contribution >= 0.6 is 11.8 Å². The molecule has 20 N–H and O–H groups in total. The smallest absolute Gasteiger partial charge is 0.305 e. The van der Waals surface area contributed by atoms with E-state index in [2.05, 4.69) is 52.5 Å². The zero-order valence-electron chi connectivity index (χ0n) is 73.1. The number of likely N-dealkylation sites (N-methyl/N-ethyl adjacent to an activating group) is 2. The lowest BCUT2D eigenvalue weighted by Gasteiger charge is -2.38. The molecule has 40 nitrogen and oxygen atoms in total. The Hall–Kier alpha value is -12.4. The number of aliphatic carboxylic acids is 1. The van der Waals surface area contributed by atoms with Gasteiger partial charge in [0.2, 0.25) is 88.6 Å². The van der Waals surface area contributed by atoms with Crippen LogP contribution in [0.2, 0.25) is 0 Å².